The maximum absolute atomic E-state index is 6.11. The number of anilines is 1. The Kier molecular flexibility index (Phi) is 4.90. The molecule has 0 aromatic heterocycles. The monoisotopic (exact) mass is 242 g/mol. The number of likely N-dealkylation sites (N-methyl/N-ethyl adjacent to an activating group) is 1. The molecule has 1 aromatic carbocycles. The third-order valence-corrected chi connectivity index (χ3v) is 2.51. The number of halogens is 1. The van der Waals surface area contributed by atoms with Gasteiger partial charge in [0.15, 0.2) is 0 Å². The summed E-state index contributed by atoms with van der Waals surface area (Å²) in [4.78, 5) is 2.08. The van der Waals surface area contributed by atoms with Crippen LogP contribution in [0.1, 0.15) is 13.8 Å². The predicted octanol–water partition coefficient (Wildman–Crippen LogP) is 2.52. The lowest BCUT2D eigenvalue weighted by Gasteiger charge is -2.22. The van der Waals surface area contributed by atoms with Gasteiger partial charge in [0.1, 0.15) is 5.75 Å². The second-order valence-electron chi connectivity index (χ2n) is 3.91. The van der Waals surface area contributed by atoms with Crippen LogP contribution in [0.15, 0.2) is 18.2 Å². The molecule has 0 aliphatic carbocycles. The molecule has 1 atom stereocenters. The molecule has 1 rings (SSSR count). The largest absolute Gasteiger partial charge is 0.492 e. The average molecular weight is 243 g/mol. The first kappa shape index (κ1) is 13.1. The summed E-state index contributed by atoms with van der Waals surface area (Å²) in [5.41, 5.74) is 6.79. The SMILES string of the molecule is CCOc1ccc(N(C)CC(C)N)cc1Cl. The molecule has 0 spiro atoms. The molecule has 4 heteroatoms. The Hall–Kier alpha value is -0.930. The molecule has 0 aliphatic rings. The van der Waals surface area contributed by atoms with Gasteiger partial charge in [0, 0.05) is 25.3 Å². The molecule has 0 fully saturated rings. The van der Waals surface area contributed by atoms with E-state index >= 15 is 0 Å². The number of rotatable bonds is 5. The van der Waals surface area contributed by atoms with E-state index in [9.17, 15) is 0 Å². The zero-order valence-corrected chi connectivity index (χ0v) is 10.8. The fourth-order valence-corrected chi connectivity index (χ4v) is 1.77. The molecule has 0 radical (unpaired) electrons. The van der Waals surface area contributed by atoms with E-state index in [2.05, 4.69) is 4.90 Å². The summed E-state index contributed by atoms with van der Waals surface area (Å²) < 4.78 is 5.38. The summed E-state index contributed by atoms with van der Waals surface area (Å²) in [6.45, 7) is 5.33. The smallest absolute Gasteiger partial charge is 0.138 e. The third kappa shape index (κ3) is 3.58. The Morgan fingerprint density at radius 2 is 2.19 bits per heavy atom. The van der Waals surface area contributed by atoms with Crippen LogP contribution in [0.4, 0.5) is 5.69 Å². The van der Waals surface area contributed by atoms with Crippen molar-refractivity contribution in [3.63, 3.8) is 0 Å². The molecule has 0 saturated carbocycles. The van der Waals surface area contributed by atoms with E-state index in [0.717, 1.165) is 18.0 Å². The van der Waals surface area contributed by atoms with Crippen LogP contribution in [0.25, 0.3) is 0 Å². The van der Waals surface area contributed by atoms with Crippen LogP contribution in [0.5, 0.6) is 5.75 Å². The van der Waals surface area contributed by atoms with Crippen molar-refractivity contribution in [3.05, 3.63) is 23.2 Å². The molecule has 0 amide bonds. The van der Waals surface area contributed by atoms with Crippen molar-refractivity contribution in [2.24, 2.45) is 5.73 Å². The zero-order chi connectivity index (χ0) is 12.1. The number of hydrogen-bond donors (Lipinski definition) is 1. The van der Waals surface area contributed by atoms with Gasteiger partial charge >= 0.3 is 0 Å². The number of hydrogen-bond acceptors (Lipinski definition) is 3. The molecule has 2 N–H and O–H groups in total. The van der Waals surface area contributed by atoms with Gasteiger partial charge in [-0.25, -0.2) is 0 Å². The van der Waals surface area contributed by atoms with E-state index in [1.807, 2.05) is 39.1 Å². The first-order valence-corrected chi connectivity index (χ1v) is 5.81. The summed E-state index contributed by atoms with van der Waals surface area (Å²) in [5, 5.41) is 0.635. The van der Waals surface area contributed by atoms with Gasteiger partial charge in [-0.15, -0.1) is 0 Å². The Morgan fingerprint density at radius 1 is 1.50 bits per heavy atom. The molecular formula is C12H19ClN2O. The van der Waals surface area contributed by atoms with E-state index in [1.54, 1.807) is 0 Å². The lowest BCUT2D eigenvalue weighted by atomic mass is 10.2. The van der Waals surface area contributed by atoms with Crippen molar-refractivity contribution in [2.75, 3.05) is 25.1 Å². The predicted molar refractivity (Wildman–Crippen MR) is 69.5 cm³/mol. The van der Waals surface area contributed by atoms with Crippen molar-refractivity contribution in [1.82, 2.24) is 0 Å². The fourth-order valence-electron chi connectivity index (χ4n) is 1.54. The molecule has 0 saturated heterocycles. The first-order chi connectivity index (χ1) is 7.54. The van der Waals surface area contributed by atoms with E-state index in [1.165, 1.54) is 0 Å². The maximum Gasteiger partial charge on any atom is 0.138 e. The first-order valence-electron chi connectivity index (χ1n) is 5.43. The second-order valence-corrected chi connectivity index (χ2v) is 4.31. The van der Waals surface area contributed by atoms with E-state index in [4.69, 9.17) is 22.1 Å². The lowest BCUT2D eigenvalue weighted by Crippen LogP contribution is -2.32. The standard InChI is InChI=1S/C12H19ClN2O/c1-4-16-12-6-5-10(7-11(12)13)15(3)8-9(2)14/h5-7,9H,4,8,14H2,1-3H3. The van der Waals surface area contributed by atoms with Gasteiger partial charge in [0.2, 0.25) is 0 Å². The summed E-state index contributed by atoms with van der Waals surface area (Å²) >= 11 is 6.11. The normalized spacial score (nSPS) is 12.3. The fraction of sp³-hybridized carbons (Fsp3) is 0.500. The molecule has 0 bridgehead atoms. The summed E-state index contributed by atoms with van der Waals surface area (Å²) in [5.74, 6) is 0.724. The van der Waals surface area contributed by atoms with Crippen LogP contribution < -0.4 is 15.4 Å². The lowest BCUT2D eigenvalue weighted by molar-refractivity contribution is 0.340. The molecule has 3 nitrogen and oxygen atoms in total. The average Bonchev–Trinajstić information content (AvgIpc) is 2.20. The van der Waals surface area contributed by atoms with Crippen molar-refractivity contribution in [3.8, 4) is 5.75 Å². The Morgan fingerprint density at radius 3 is 2.69 bits per heavy atom. The molecule has 0 aliphatic heterocycles. The second kappa shape index (κ2) is 5.97. The molecule has 16 heavy (non-hydrogen) atoms. The number of benzene rings is 1. The van der Waals surface area contributed by atoms with Crippen LogP contribution in [0.2, 0.25) is 5.02 Å². The third-order valence-electron chi connectivity index (χ3n) is 2.22. The van der Waals surface area contributed by atoms with Gasteiger partial charge in [-0.2, -0.15) is 0 Å². The molecular weight excluding hydrogens is 224 g/mol. The Labute approximate surface area is 102 Å². The topological polar surface area (TPSA) is 38.5 Å². The quantitative estimate of drug-likeness (QED) is 0.863. The van der Waals surface area contributed by atoms with Gasteiger partial charge in [-0.3, -0.25) is 0 Å². The summed E-state index contributed by atoms with van der Waals surface area (Å²) in [7, 11) is 2.00. The number of ether oxygens (including phenoxy) is 1. The number of nitrogens with two attached hydrogens (primary N) is 1. The highest BCUT2D eigenvalue weighted by molar-refractivity contribution is 6.32. The van der Waals surface area contributed by atoms with E-state index in [-0.39, 0.29) is 6.04 Å². The van der Waals surface area contributed by atoms with Gasteiger partial charge in [-0.05, 0) is 32.0 Å². The molecule has 0 heterocycles. The minimum atomic E-state index is 0.135. The Balaban J connectivity index is 2.79. The van der Waals surface area contributed by atoms with Crippen LogP contribution in [0, 0.1) is 0 Å². The maximum atomic E-state index is 6.11. The van der Waals surface area contributed by atoms with Crippen molar-refractivity contribution in [1.29, 1.82) is 0 Å². The minimum Gasteiger partial charge on any atom is -0.492 e. The van der Waals surface area contributed by atoms with Gasteiger partial charge in [0.05, 0.1) is 11.6 Å². The number of nitrogens with zero attached hydrogens (tertiary/aromatic N) is 1. The molecule has 1 aromatic rings. The Bertz CT molecular complexity index is 342. The van der Waals surface area contributed by atoms with Gasteiger partial charge in [-0.1, -0.05) is 11.6 Å². The van der Waals surface area contributed by atoms with Crippen LogP contribution in [0.3, 0.4) is 0 Å². The van der Waals surface area contributed by atoms with Crippen molar-refractivity contribution < 1.29 is 4.74 Å². The highest BCUT2D eigenvalue weighted by Gasteiger charge is 2.07. The summed E-state index contributed by atoms with van der Waals surface area (Å²) in [6.07, 6.45) is 0. The molecule has 1 unspecified atom stereocenters. The van der Waals surface area contributed by atoms with Crippen molar-refractivity contribution in [2.45, 2.75) is 19.9 Å². The van der Waals surface area contributed by atoms with Crippen LogP contribution in [-0.4, -0.2) is 26.2 Å². The van der Waals surface area contributed by atoms with Gasteiger partial charge in [0.25, 0.3) is 0 Å². The van der Waals surface area contributed by atoms with Gasteiger partial charge < -0.3 is 15.4 Å². The highest BCUT2D eigenvalue weighted by Crippen LogP contribution is 2.28. The van der Waals surface area contributed by atoms with E-state index in [0.29, 0.717) is 11.6 Å². The minimum absolute atomic E-state index is 0.135. The highest BCUT2D eigenvalue weighted by atomic mass is 35.5. The zero-order valence-electron chi connectivity index (χ0n) is 10.0. The van der Waals surface area contributed by atoms with Crippen molar-refractivity contribution >= 4 is 17.3 Å². The molecule has 90 valence electrons. The van der Waals surface area contributed by atoms with Crippen LogP contribution >= 0.6 is 11.6 Å². The van der Waals surface area contributed by atoms with E-state index < -0.39 is 0 Å². The van der Waals surface area contributed by atoms with Crippen LogP contribution in [-0.2, 0) is 0 Å². The summed E-state index contributed by atoms with van der Waals surface area (Å²) in [6, 6.07) is 5.91.